The average molecular weight is 283 g/mol. The Hall–Kier alpha value is -1.07. The molecule has 0 saturated heterocycles. The minimum absolute atomic E-state index is 0.708. The summed E-state index contributed by atoms with van der Waals surface area (Å²) in [5.74, 6) is 0.855. The molecule has 4 nitrogen and oxygen atoms in total. The molecule has 1 aromatic rings. The highest BCUT2D eigenvalue weighted by Crippen LogP contribution is 2.17. The number of hydrogen-bond acceptors (Lipinski definition) is 3. The van der Waals surface area contributed by atoms with Crippen molar-refractivity contribution in [2.75, 3.05) is 26.3 Å². The van der Waals surface area contributed by atoms with E-state index in [1.54, 1.807) is 0 Å². The maximum Gasteiger partial charge on any atom is 0.191 e. The van der Waals surface area contributed by atoms with E-state index in [9.17, 15) is 0 Å². The molecule has 0 fully saturated rings. The summed E-state index contributed by atoms with van der Waals surface area (Å²) in [6.07, 6.45) is 1.10. The molecule has 0 bridgehead atoms. The van der Waals surface area contributed by atoms with Crippen LogP contribution in [0.4, 0.5) is 0 Å². The molecular formula is C14H25N3OS. The van der Waals surface area contributed by atoms with E-state index in [0.717, 1.165) is 38.6 Å². The lowest BCUT2D eigenvalue weighted by atomic mass is 10.4. The zero-order valence-corrected chi connectivity index (χ0v) is 13.0. The predicted molar refractivity (Wildman–Crippen MR) is 83.0 cm³/mol. The molecule has 5 heteroatoms. The fourth-order valence-corrected chi connectivity index (χ4v) is 2.46. The van der Waals surface area contributed by atoms with Crippen LogP contribution in [0.15, 0.2) is 17.1 Å². The molecule has 1 rings (SSSR count). The van der Waals surface area contributed by atoms with E-state index in [1.165, 1.54) is 9.75 Å². The smallest absolute Gasteiger partial charge is 0.191 e. The van der Waals surface area contributed by atoms with Crippen molar-refractivity contribution < 1.29 is 4.74 Å². The van der Waals surface area contributed by atoms with Gasteiger partial charge in [0.2, 0.25) is 0 Å². The molecule has 1 heterocycles. The van der Waals surface area contributed by atoms with Crippen LogP contribution in [0.25, 0.3) is 0 Å². The quantitative estimate of drug-likeness (QED) is 0.437. The van der Waals surface area contributed by atoms with E-state index in [0.29, 0.717) is 6.61 Å². The van der Waals surface area contributed by atoms with Crippen LogP contribution in [-0.2, 0) is 17.7 Å². The van der Waals surface area contributed by atoms with Gasteiger partial charge in [-0.25, -0.2) is 4.99 Å². The van der Waals surface area contributed by atoms with Gasteiger partial charge in [0.05, 0.1) is 13.2 Å². The van der Waals surface area contributed by atoms with E-state index >= 15 is 0 Å². The minimum atomic E-state index is 0.708. The molecular weight excluding hydrogens is 258 g/mol. The SMILES string of the molecule is CCNC(=NCc1ccc(CC)s1)NCCOCC. The molecule has 0 saturated carbocycles. The first-order valence-electron chi connectivity index (χ1n) is 6.97. The van der Waals surface area contributed by atoms with E-state index in [1.807, 2.05) is 18.3 Å². The molecule has 0 aliphatic heterocycles. The summed E-state index contributed by atoms with van der Waals surface area (Å²) in [5.41, 5.74) is 0. The van der Waals surface area contributed by atoms with Crippen LogP contribution in [0.3, 0.4) is 0 Å². The molecule has 1 aromatic heterocycles. The monoisotopic (exact) mass is 283 g/mol. The zero-order valence-electron chi connectivity index (χ0n) is 12.2. The second kappa shape index (κ2) is 9.81. The Kier molecular flexibility index (Phi) is 8.25. The Morgan fingerprint density at radius 1 is 1.21 bits per heavy atom. The normalized spacial score (nSPS) is 11.6. The van der Waals surface area contributed by atoms with Gasteiger partial charge in [-0.2, -0.15) is 0 Å². The number of nitrogens with zero attached hydrogens (tertiary/aromatic N) is 1. The molecule has 19 heavy (non-hydrogen) atoms. The van der Waals surface area contributed by atoms with Gasteiger partial charge in [0.25, 0.3) is 0 Å². The topological polar surface area (TPSA) is 45.7 Å². The van der Waals surface area contributed by atoms with E-state index < -0.39 is 0 Å². The summed E-state index contributed by atoms with van der Waals surface area (Å²) in [7, 11) is 0. The molecule has 0 amide bonds. The molecule has 0 spiro atoms. The highest BCUT2D eigenvalue weighted by molar-refractivity contribution is 7.11. The van der Waals surface area contributed by atoms with Crippen LogP contribution in [-0.4, -0.2) is 32.3 Å². The minimum Gasteiger partial charge on any atom is -0.380 e. The van der Waals surface area contributed by atoms with Gasteiger partial charge in [-0.15, -0.1) is 11.3 Å². The summed E-state index contributed by atoms with van der Waals surface area (Å²) in [5, 5.41) is 6.50. The molecule has 0 radical (unpaired) electrons. The highest BCUT2D eigenvalue weighted by atomic mass is 32.1. The van der Waals surface area contributed by atoms with Crippen molar-refractivity contribution in [2.24, 2.45) is 4.99 Å². The van der Waals surface area contributed by atoms with Crippen LogP contribution < -0.4 is 10.6 Å². The summed E-state index contributed by atoms with van der Waals surface area (Å²) in [6, 6.07) is 4.35. The Bertz CT molecular complexity index is 377. The third kappa shape index (κ3) is 6.59. The van der Waals surface area contributed by atoms with E-state index in [-0.39, 0.29) is 0 Å². The molecule has 0 unspecified atom stereocenters. The number of ether oxygens (including phenoxy) is 1. The van der Waals surface area contributed by atoms with Gasteiger partial charge in [-0.1, -0.05) is 6.92 Å². The summed E-state index contributed by atoms with van der Waals surface area (Å²) in [6.45, 7) is 10.1. The van der Waals surface area contributed by atoms with Crippen molar-refractivity contribution in [3.05, 3.63) is 21.9 Å². The standard InChI is InChI=1S/C14H25N3OS/c1-4-12-7-8-13(19-12)11-17-14(15-5-2)16-9-10-18-6-3/h7-8H,4-6,9-11H2,1-3H3,(H2,15,16,17). The van der Waals surface area contributed by atoms with Gasteiger partial charge in [-0.3, -0.25) is 0 Å². The van der Waals surface area contributed by atoms with Crippen LogP contribution >= 0.6 is 11.3 Å². The Morgan fingerprint density at radius 2 is 2.00 bits per heavy atom. The number of thiophene rings is 1. The predicted octanol–water partition coefficient (Wildman–Crippen LogP) is 2.40. The largest absolute Gasteiger partial charge is 0.380 e. The zero-order chi connectivity index (χ0) is 13.9. The number of nitrogens with one attached hydrogen (secondary N) is 2. The fourth-order valence-electron chi connectivity index (χ4n) is 1.58. The summed E-state index contributed by atoms with van der Waals surface area (Å²) >= 11 is 1.84. The third-order valence-corrected chi connectivity index (χ3v) is 3.76. The lowest BCUT2D eigenvalue weighted by Crippen LogP contribution is -2.38. The first-order chi connectivity index (χ1) is 9.30. The first-order valence-corrected chi connectivity index (χ1v) is 7.79. The van der Waals surface area contributed by atoms with Gasteiger partial charge in [-0.05, 0) is 32.4 Å². The van der Waals surface area contributed by atoms with Gasteiger partial charge in [0.1, 0.15) is 0 Å². The second-order valence-electron chi connectivity index (χ2n) is 4.04. The van der Waals surface area contributed by atoms with Gasteiger partial charge in [0, 0.05) is 29.5 Å². The Balaban J connectivity index is 2.42. The Labute approximate surface area is 120 Å². The fraction of sp³-hybridized carbons (Fsp3) is 0.643. The third-order valence-electron chi connectivity index (χ3n) is 2.55. The van der Waals surface area contributed by atoms with Crippen molar-refractivity contribution in [1.29, 1.82) is 0 Å². The number of hydrogen-bond donors (Lipinski definition) is 2. The lowest BCUT2D eigenvalue weighted by molar-refractivity contribution is 0.152. The maximum absolute atomic E-state index is 5.30. The average Bonchev–Trinajstić information content (AvgIpc) is 2.88. The van der Waals surface area contributed by atoms with Crippen LogP contribution in [0.2, 0.25) is 0 Å². The van der Waals surface area contributed by atoms with Crippen LogP contribution in [0.1, 0.15) is 30.5 Å². The number of rotatable bonds is 8. The van der Waals surface area contributed by atoms with Gasteiger partial charge >= 0.3 is 0 Å². The maximum atomic E-state index is 5.30. The van der Waals surface area contributed by atoms with Crippen molar-refractivity contribution in [2.45, 2.75) is 33.7 Å². The second-order valence-corrected chi connectivity index (χ2v) is 5.29. The molecule has 0 aromatic carbocycles. The molecule has 108 valence electrons. The molecule has 2 N–H and O–H groups in total. The molecule has 0 atom stereocenters. The molecule has 0 aliphatic carbocycles. The Morgan fingerprint density at radius 3 is 2.63 bits per heavy atom. The van der Waals surface area contributed by atoms with Crippen molar-refractivity contribution >= 4 is 17.3 Å². The van der Waals surface area contributed by atoms with Crippen LogP contribution in [0.5, 0.6) is 0 Å². The van der Waals surface area contributed by atoms with Gasteiger partial charge in [0.15, 0.2) is 5.96 Å². The van der Waals surface area contributed by atoms with Gasteiger partial charge < -0.3 is 15.4 Å². The number of guanidine groups is 1. The summed E-state index contributed by atoms with van der Waals surface area (Å²) in [4.78, 5) is 7.30. The van der Waals surface area contributed by atoms with Crippen molar-refractivity contribution in [3.63, 3.8) is 0 Å². The van der Waals surface area contributed by atoms with Crippen LogP contribution in [0, 0.1) is 0 Å². The lowest BCUT2D eigenvalue weighted by Gasteiger charge is -2.10. The first kappa shape index (κ1) is 16.0. The highest BCUT2D eigenvalue weighted by Gasteiger charge is 2.00. The van der Waals surface area contributed by atoms with Crippen molar-refractivity contribution in [3.8, 4) is 0 Å². The van der Waals surface area contributed by atoms with E-state index in [4.69, 9.17) is 4.74 Å². The van der Waals surface area contributed by atoms with Crippen molar-refractivity contribution in [1.82, 2.24) is 10.6 Å². The molecule has 0 aliphatic rings. The van der Waals surface area contributed by atoms with E-state index in [2.05, 4.69) is 41.6 Å². The number of aryl methyl sites for hydroxylation is 1. The summed E-state index contributed by atoms with van der Waals surface area (Å²) < 4.78 is 5.30. The number of aliphatic imine (C=N–C) groups is 1.